The van der Waals surface area contributed by atoms with Crippen molar-refractivity contribution in [1.82, 2.24) is 9.88 Å². The van der Waals surface area contributed by atoms with E-state index in [1.165, 1.54) is 19.1 Å². The Morgan fingerprint density at radius 2 is 1.88 bits per heavy atom. The first kappa shape index (κ1) is 17.7. The third-order valence-corrected chi connectivity index (χ3v) is 3.25. The van der Waals surface area contributed by atoms with Crippen LogP contribution in [0, 0.1) is 0 Å². The van der Waals surface area contributed by atoms with Gasteiger partial charge >= 0.3 is 5.97 Å². The normalized spacial score (nSPS) is 11.2. The summed E-state index contributed by atoms with van der Waals surface area (Å²) in [6.45, 7) is 5.19. The van der Waals surface area contributed by atoms with Crippen molar-refractivity contribution < 1.29 is 19.1 Å². The smallest absolute Gasteiger partial charge is 0.326 e. The molecule has 6 nitrogen and oxygen atoms in total. The number of pyridine rings is 1. The molecule has 0 bridgehead atoms. The minimum absolute atomic E-state index is 0.146. The van der Waals surface area contributed by atoms with Crippen LogP contribution in [0.5, 0.6) is 5.88 Å². The van der Waals surface area contributed by atoms with E-state index in [2.05, 4.69) is 4.98 Å². The number of benzene rings is 1. The number of amides is 1. The summed E-state index contributed by atoms with van der Waals surface area (Å²) in [7, 11) is 3.04. The van der Waals surface area contributed by atoms with Gasteiger partial charge in [-0.15, -0.1) is 0 Å². The highest BCUT2D eigenvalue weighted by atomic mass is 16.6. The molecule has 24 heavy (non-hydrogen) atoms. The maximum absolute atomic E-state index is 12.6. The van der Waals surface area contributed by atoms with Gasteiger partial charge in [-0.25, -0.2) is 4.98 Å². The Morgan fingerprint density at radius 1 is 1.21 bits per heavy atom. The van der Waals surface area contributed by atoms with Crippen molar-refractivity contribution in [1.29, 1.82) is 0 Å². The van der Waals surface area contributed by atoms with E-state index in [1.54, 1.807) is 26.8 Å². The van der Waals surface area contributed by atoms with Crippen LogP contribution in [0.3, 0.4) is 0 Å². The highest BCUT2D eigenvalue weighted by Crippen LogP contribution is 2.24. The van der Waals surface area contributed by atoms with Crippen LogP contribution >= 0.6 is 0 Å². The molecule has 0 aliphatic carbocycles. The van der Waals surface area contributed by atoms with Gasteiger partial charge in [0.25, 0.3) is 5.91 Å². The van der Waals surface area contributed by atoms with Crippen LogP contribution in [0.25, 0.3) is 10.8 Å². The quantitative estimate of drug-likeness (QED) is 0.806. The standard InChI is InChI=1S/C18H22N2O4/c1-18(2,3)24-15(21)11-20(4)17(22)14-10-12-8-6-7-9-13(12)16(19-14)23-5/h6-10H,11H2,1-5H3. The summed E-state index contributed by atoms with van der Waals surface area (Å²) in [5.74, 6) is -0.460. The van der Waals surface area contributed by atoms with Crippen LogP contribution in [-0.2, 0) is 9.53 Å². The zero-order valence-corrected chi connectivity index (χ0v) is 14.6. The molecule has 0 N–H and O–H groups in total. The van der Waals surface area contributed by atoms with E-state index in [4.69, 9.17) is 9.47 Å². The Bertz CT molecular complexity index is 765. The number of fused-ring (bicyclic) bond motifs is 1. The summed E-state index contributed by atoms with van der Waals surface area (Å²) in [5, 5.41) is 1.67. The van der Waals surface area contributed by atoms with E-state index in [9.17, 15) is 9.59 Å². The molecule has 0 radical (unpaired) electrons. The second-order valence-electron chi connectivity index (χ2n) is 6.49. The van der Waals surface area contributed by atoms with Gasteiger partial charge in [0.2, 0.25) is 5.88 Å². The van der Waals surface area contributed by atoms with Gasteiger partial charge in [0.15, 0.2) is 0 Å². The van der Waals surface area contributed by atoms with E-state index >= 15 is 0 Å². The molecule has 1 aromatic heterocycles. The van der Waals surface area contributed by atoms with Crippen LogP contribution in [0.2, 0.25) is 0 Å². The second-order valence-corrected chi connectivity index (χ2v) is 6.49. The molecule has 1 heterocycles. The second kappa shape index (κ2) is 6.86. The zero-order valence-electron chi connectivity index (χ0n) is 14.6. The minimum Gasteiger partial charge on any atom is -0.481 e. The monoisotopic (exact) mass is 330 g/mol. The third-order valence-electron chi connectivity index (χ3n) is 3.25. The average molecular weight is 330 g/mol. The first-order valence-electron chi connectivity index (χ1n) is 7.62. The fraction of sp³-hybridized carbons (Fsp3) is 0.389. The topological polar surface area (TPSA) is 68.7 Å². The molecule has 1 amide bonds. The number of carbonyl (C=O) groups is 2. The lowest BCUT2D eigenvalue weighted by Crippen LogP contribution is -2.36. The van der Waals surface area contributed by atoms with Gasteiger partial charge in [0, 0.05) is 12.4 Å². The van der Waals surface area contributed by atoms with Gasteiger partial charge in [0.05, 0.1) is 7.11 Å². The number of methoxy groups -OCH3 is 1. The van der Waals surface area contributed by atoms with E-state index < -0.39 is 11.6 Å². The molecule has 0 saturated heterocycles. The molecule has 0 unspecified atom stereocenters. The van der Waals surface area contributed by atoms with Gasteiger partial charge in [-0.1, -0.05) is 18.2 Å². The number of nitrogens with zero attached hydrogens (tertiary/aromatic N) is 2. The molecule has 0 spiro atoms. The van der Waals surface area contributed by atoms with Crippen LogP contribution in [0.15, 0.2) is 30.3 Å². The van der Waals surface area contributed by atoms with Crippen LogP contribution < -0.4 is 4.74 Å². The van der Waals surface area contributed by atoms with Crippen molar-refractivity contribution in [3.05, 3.63) is 36.0 Å². The molecule has 0 aliphatic heterocycles. The summed E-state index contributed by atoms with van der Waals surface area (Å²) in [6.07, 6.45) is 0. The number of carbonyl (C=O) groups excluding carboxylic acids is 2. The Kier molecular flexibility index (Phi) is 5.07. The van der Waals surface area contributed by atoms with E-state index in [-0.39, 0.29) is 18.1 Å². The lowest BCUT2D eigenvalue weighted by molar-refractivity contribution is -0.155. The predicted molar refractivity (Wildman–Crippen MR) is 91.1 cm³/mol. The highest BCUT2D eigenvalue weighted by Gasteiger charge is 2.22. The SMILES string of the molecule is COc1nc(C(=O)N(C)CC(=O)OC(C)(C)C)cc2ccccc12. The zero-order chi connectivity index (χ0) is 17.9. The lowest BCUT2D eigenvalue weighted by atomic mass is 10.1. The summed E-state index contributed by atoms with van der Waals surface area (Å²) in [4.78, 5) is 30.0. The molecule has 0 fully saturated rings. The van der Waals surface area contributed by atoms with Crippen molar-refractivity contribution >= 4 is 22.6 Å². The highest BCUT2D eigenvalue weighted by molar-refractivity contribution is 5.99. The van der Waals surface area contributed by atoms with Crippen molar-refractivity contribution in [3.63, 3.8) is 0 Å². The number of esters is 1. The molecule has 0 saturated carbocycles. The fourth-order valence-corrected chi connectivity index (χ4v) is 2.27. The molecule has 1 aromatic carbocycles. The van der Waals surface area contributed by atoms with E-state index in [0.29, 0.717) is 5.88 Å². The Morgan fingerprint density at radius 3 is 2.50 bits per heavy atom. The van der Waals surface area contributed by atoms with Crippen LogP contribution in [0.1, 0.15) is 31.3 Å². The molecule has 0 aliphatic rings. The molecule has 2 aromatic rings. The molecule has 6 heteroatoms. The number of likely N-dealkylation sites (N-methyl/N-ethyl adjacent to an activating group) is 1. The number of hydrogen-bond acceptors (Lipinski definition) is 5. The summed E-state index contributed by atoms with van der Waals surface area (Å²) < 4.78 is 10.5. The number of rotatable bonds is 4. The lowest BCUT2D eigenvalue weighted by Gasteiger charge is -2.22. The number of ether oxygens (including phenoxy) is 2. The first-order chi connectivity index (χ1) is 11.2. The summed E-state index contributed by atoms with van der Waals surface area (Å²) >= 11 is 0. The van der Waals surface area contributed by atoms with Gasteiger partial charge in [0.1, 0.15) is 17.8 Å². The van der Waals surface area contributed by atoms with Gasteiger partial charge < -0.3 is 14.4 Å². The van der Waals surface area contributed by atoms with E-state index in [1.807, 2.05) is 24.3 Å². The van der Waals surface area contributed by atoms with Crippen molar-refractivity contribution in [3.8, 4) is 5.88 Å². The van der Waals surface area contributed by atoms with Gasteiger partial charge in [-0.05, 0) is 38.3 Å². The van der Waals surface area contributed by atoms with E-state index in [0.717, 1.165) is 10.8 Å². The molecular formula is C18H22N2O4. The van der Waals surface area contributed by atoms with Gasteiger partial charge in [-0.3, -0.25) is 9.59 Å². The number of hydrogen-bond donors (Lipinski definition) is 0. The predicted octanol–water partition coefficient (Wildman–Crippen LogP) is 2.66. The molecule has 2 rings (SSSR count). The van der Waals surface area contributed by atoms with Crippen molar-refractivity contribution in [2.75, 3.05) is 20.7 Å². The molecular weight excluding hydrogens is 308 g/mol. The Balaban J connectivity index is 2.23. The maximum Gasteiger partial charge on any atom is 0.326 e. The van der Waals surface area contributed by atoms with Crippen LogP contribution in [-0.4, -0.2) is 48.1 Å². The van der Waals surface area contributed by atoms with Crippen LogP contribution in [0.4, 0.5) is 0 Å². The molecule has 0 atom stereocenters. The van der Waals surface area contributed by atoms with Crippen molar-refractivity contribution in [2.45, 2.75) is 26.4 Å². The fourth-order valence-electron chi connectivity index (χ4n) is 2.27. The minimum atomic E-state index is -0.592. The number of aromatic nitrogens is 1. The Labute approximate surface area is 141 Å². The van der Waals surface area contributed by atoms with Gasteiger partial charge in [-0.2, -0.15) is 0 Å². The largest absolute Gasteiger partial charge is 0.481 e. The van der Waals surface area contributed by atoms with Crippen molar-refractivity contribution in [2.24, 2.45) is 0 Å². The maximum atomic E-state index is 12.6. The Hall–Kier alpha value is -2.63. The summed E-state index contributed by atoms with van der Waals surface area (Å²) in [6, 6.07) is 9.19. The average Bonchev–Trinajstić information content (AvgIpc) is 2.51. The first-order valence-corrected chi connectivity index (χ1v) is 7.62. The third kappa shape index (κ3) is 4.22. The molecule has 128 valence electrons. The summed E-state index contributed by atoms with van der Waals surface area (Å²) in [5.41, 5.74) is -0.373.